The number of amides is 2. The normalized spacial score (nSPS) is 23.4. The van der Waals surface area contributed by atoms with Crippen molar-refractivity contribution in [1.29, 1.82) is 0 Å². The number of hydroxylamine groups is 2. The summed E-state index contributed by atoms with van der Waals surface area (Å²) in [6.07, 6.45) is 0.175. The van der Waals surface area contributed by atoms with Crippen molar-refractivity contribution in [2.45, 2.75) is 25.1 Å². The predicted molar refractivity (Wildman–Crippen MR) is 75.0 cm³/mol. The number of carbonyl (C=O) groups excluding carboxylic acids is 2. The molecule has 2 heterocycles. The van der Waals surface area contributed by atoms with E-state index in [1.807, 2.05) is 18.2 Å². The smallest absolute Gasteiger partial charge is 0.418 e. The van der Waals surface area contributed by atoms with Crippen molar-refractivity contribution in [2.75, 3.05) is 6.54 Å². The summed E-state index contributed by atoms with van der Waals surface area (Å²) in [6.45, 7) is 0.230. The van der Waals surface area contributed by atoms with Gasteiger partial charge in [-0.1, -0.05) is 30.3 Å². The van der Waals surface area contributed by atoms with E-state index in [1.165, 1.54) is 4.90 Å². The van der Waals surface area contributed by atoms with Crippen LogP contribution >= 0.6 is 0 Å². The number of carbonyl (C=O) groups is 2. The molecule has 10 heteroatoms. The molecule has 1 unspecified atom stereocenters. The number of fused-ring (bicyclic) bond motifs is 2. The molecule has 1 aromatic carbocycles. The highest BCUT2D eigenvalue weighted by Crippen LogP contribution is 2.32. The maximum atomic E-state index is 12.1. The SMILES string of the molecule is O=C(OCc1ccccc1)C1C[C@H]2CN1C(=O)N2OS(=O)(=O)O. The number of nitrogens with zero attached hydrogens (tertiary/aromatic N) is 2. The van der Waals surface area contributed by atoms with Crippen LogP contribution in [0.25, 0.3) is 0 Å². The molecule has 23 heavy (non-hydrogen) atoms. The fraction of sp³-hybridized carbons (Fsp3) is 0.385. The molecule has 1 N–H and O–H groups in total. The van der Waals surface area contributed by atoms with Gasteiger partial charge in [0.25, 0.3) is 0 Å². The third kappa shape index (κ3) is 3.28. The molecule has 2 bridgehead atoms. The summed E-state index contributed by atoms with van der Waals surface area (Å²) >= 11 is 0. The van der Waals surface area contributed by atoms with Gasteiger partial charge in [0.05, 0.1) is 6.04 Å². The van der Waals surface area contributed by atoms with Crippen LogP contribution in [-0.2, 0) is 30.8 Å². The second-order valence-electron chi connectivity index (χ2n) is 5.26. The lowest BCUT2D eigenvalue weighted by atomic mass is 10.1. The summed E-state index contributed by atoms with van der Waals surface area (Å²) in [5.41, 5.74) is 0.821. The second kappa shape index (κ2) is 5.80. The summed E-state index contributed by atoms with van der Waals surface area (Å²) in [4.78, 5) is 25.3. The maximum Gasteiger partial charge on any atom is 0.418 e. The van der Waals surface area contributed by atoms with Gasteiger partial charge in [0.15, 0.2) is 0 Å². The van der Waals surface area contributed by atoms with Crippen molar-refractivity contribution in [3.8, 4) is 0 Å². The Labute approximate surface area is 132 Å². The third-order valence-electron chi connectivity index (χ3n) is 3.72. The molecule has 0 saturated carbocycles. The topological polar surface area (TPSA) is 113 Å². The first-order valence-electron chi connectivity index (χ1n) is 6.82. The van der Waals surface area contributed by atoms with Crippen LogP contribution in [0.3, 0.4) is 0 Å². The first-order chi connectivity index (χ1) is 10.8. The van der Waals surface area contributed by atoms with Gasteiger partial charge in [0.1, 0.15) is 12.6 Å². The van der Waals surface area contributed by atoms with Crippen LogP contribution in [0.2, 0.25) is 0 Å². The van der Waals surface area contributed by atoms with Crippen LogP contribution in [0.15, 0.2) is 30.3 Å². The molecule has 0 aromatic heterocycles. The standard InChI is InChI=1S/C13H14N2O7S/c16-12(21-8-9-4-2-1-3-5-9)11-6-10-7-14(11)13(17)15(10)22-23(18,19)20/h1-5,10-11H,6-8H2,(H,18,19,20)/t10-,11?/m0/s1. The van der Waals surface area contributed by atoms with Crippen LogP contribution in [0.4, 0.5) is 4.79 Å². The van der Waals surface area contributed by atoms with Gasteiger partial charge in [-0.15, -0.1) is 4.28 Å². The first kappa shape index (κ1) is 15.7. The fourth-order valence-electron chi connectivity index (χ4n) is 2.72. The van der Waals surface area contributed by atoms with Gasteiger partial charge in [0.2, 0.25) is 0 Å². The van der Waals surface area contributed by atoms with E-state index in [9.17, 15) is 18.0 Å². The van der Waals surface area contributed by atoms with Crippen LogP contribution < -0.4 is 0 Å². The van der Waals surface area contributed by atoms with Crippen molar-refractivity contribution >= 4 is 22.4 Å². The highest BCUT2D eigenvalue weighted by Gasteiger charge is 2.53. The molecular weight excluding hydrogens is 328 g/mol. The molecule has 124 valence electrons. The summed E-state index contributed by atoms with van der Waals surface area (Å²) < 4.78 is 39.5. The molecule has 9 nitrogen and oxygen atoms in total. The monoisotopic (exact) mass is 342 g/mol. The largest absolute Gasteiger partial charge is 0.459 e. The maximum absolute atomic E-state index is 12.1. The van der Waals surface area contributed by atoms with Crippen molar-refractivity contribution in [2.24, 2.45) is 0 Å². The van der Waals surface area contributed by atoms with Crippen molar-refractivity contribution in [3.63, 3.8) is 0 Å². The Balaban J connectivity index is 1.60. The first-order valence-corrected chi connectivity index (χ1v) is 8.19. The van der Waals surface area contributed by atoms with E-state index in [0.717, 1.165) is 5.56 Å². The van der Waals surface area contributed by atoms with Gasteiger partial charge in [-0.2, -0.15) is 13.5 Å². The molecule has 2 atom stereocenters. The van der Waals surface area contributed by atoms with Crippen LogP contribution in [-0.4, -0.2) is 53.6 Å². The lowest BCUT2D eigenvalue weighted by Gasteiger charge is -2.28. The number of hydrogen-bond donors (Lipinski definition) is 1. The van der Waals surface area contributed by atoms with Crippen LogP contribution in [0, 0.1) is 0 Å². The number of rotatable bonds is 5. The van der Waals surface area contributed by atoms with Gasteiger partial charge >= 0.3 is 22.4 Å². The molecule has 3 rings (SSSR count). The van der Waals surface area contributed by atoms with Gasteiger partial charge in [-0.05, 0) is 5.56 Å². The van der Waals surface area contributed by atoms with E-state index in [-0.39, 0.29) is 19.6 Å². The van der Waals surface area contributed by atoms with Crippen molar-refractivity contribution in [1.82, 2.24) is 9.96 Å². The van der Waals surface area contributed by atoms with Crippen molar-refractivity contribution < 1.29 is 31.6 Å². The van der Waals surface area contributed by atoms with Gasteiger partial charge in [-0.3, -0.25) is 4.55 Å². The van der Waals surface area contributed by atoms with Gasteiger partial charge < -0.3 is 9.64 Å². The van der Waals surface area contributed by atoms with Crippen LogP contribution in [0.5, 0.6) is 0 Å². The molecular formula is C13H14N2O7S. The lowest BCUT2D eigenvalue weighted by Crippen LogP contribution is -2.49. The molecule has 2 fully saturated rings. The van der Waals surface area contributed by atoms with Gasteiger partial charge in [-0.25, -0.2) is 9.59 Å². The summed E-state index contributed by atoms with van der Waals surface area (Å²) in [5, 5.41) is 0.566. The number of hydrogen-bond acceptors (Lipinski definition) is 6. The number of esters is 1. The third-order valence-corrected chi connectivity index (χ3v) is 4.06. The highest BCUT2D eigenvalue weighted by atomic mass is 32.3. The number of benzene rings is 1. The average Bonchev–Trinajstić information content (AvgIpc) is 3.05. The Kier molecular flexibility index (Phi) is 3.96. The molecule has 2 amide bonds. The molecule has 0 spiro atoms. The van der Waals surface area contributed by atoms with E-state index in [4.69, 9.17) is 9.29 Å². The Bertz CT molecular complexity index is 721. The average molecular weight is 342 g/mol. The van der Waals surface area contributed by atoms with Gasteiger partial charge in [0, 0.05) is 13.0 Å². The fourth-order valence-corrected chi connectivity index (χ4v) is 3.11. The van der Waals surface area contributed by atoms with Crippen LogP contribution in [0.1, 0.15) is 12.0 Å². The zero-order valence-corrected chi connectivity index (χ0v) is 12.7. The Hall–Kier alpha value is -2.17. The Morgan fingerprint density at radius 2 is 2.00 bits per heavy atom. The molecule has 2 aliphatic rings. The minimum atomic E-state index is -4.78. The minimum Gasteiger partial charge on any atom is -0.459 e. The summed E-state index contributed by atoms with van der Waals surface area (Å²) in [5.74, 6) is -0.559. The quantitative estimate of drug-likeness (QED) is 0.606. The molecule has 0 radical (unpaired) electrons. The zero-order valence-electron chi connectivity index (χ0n) is 11.9. The molecule has 0 aliphatic carbocycles. The van der Waals surface area contributed by atoms with E-state index in [0.29, 0.717) is 5.06 Å². The Morgan fingerprint density at radius 1 is 1.30 bits per heavy atom. The Morgan fingerprint density at radius 3 is 2.61 bits per heavy atom. The number of ether oxygens (including phenoxy) is 1. The predicted octanol–water partition coefficient (Wildman–Crippen LogP) is 0.343. The number of urea groups is 1. The highest BCUT2D eigenvalue weighted by molar-refractivity contribution is 7.80. The minimum absolute atomic E-state index is 0.0914. The van der Waals surface area contributed by atoms with E-state index >= 15 is 0 Å². The van der Waals surface area contributed by atoms with Crippen molar-refractivity contribution in [3.05, 3.63) is 35.9 Å². The zero-order chi connectivity index (χ0) is 16.6. The second-order valence-corrected chi connectivity index (χ2v) is 6.27. The summed E-state index contributed by atoms with van der Waals surface area (Å²) in [7, 11) is -4.78. The molecule has 1 aromatic rings. The van der Waals surface area contributed by atoms with E-state index in [1.54, 1.807) is 12.1 Å². The van der Waals surface area contributed by atoms with E-state index in [2.05, 4.69) is 4.28 Å². The summed E-state index contributed by atoms with van der Waals surface area (Å²) in [6, 6.07) is 6.89. The lowest BCUT2D eigenvalue weighted by molar-refractivity contribution is -0.151. The molecule has 2 saturated heterocycles. The molecule has 2 aliphatic heterocycles. The van der Waals surface area contributed by atoms with E-state index < -0.39 is 34.5 Å².